The fraction of sp³-hybridized carbons (Fsp3) is 0.769. The minimum absolute atomic E-state index is 0. The van der Waals surface area contributed by atoms with Gasteiger partial charge >= 0.3 is 0 Å². The zero-order valence-corrected chi connectivity index (χ0v) is 11.8. The summed E-state index contributed by atoms with van der Waals surface area (Å²) in [5.74, 6) is 1.58. The zero-order valence-electron chi connectivity index (χ0n) is 11.0. The zero-order chi connectivity index (χ0) is 11.8. The molecule has 5 heteroatoms. The van der Waals surface area contributed by atoms with E-state index in [1.54, 1.807) is 0 Å². The maximum atomic E-state index is 6.24. The summed E-state index contributed by atoms with van der Waals surface area (Å²) in [7, 11) is 1.98. The van der Waals surface area contributed by atoms with Gasteiger partial charge in [0.2, 0.25) is 0 Å². The van der Waals surface area contributed by atoms with Gasteiger partial charge in [-0.05, 0) is 24.7 Å². The van der Waals surface area contributed by atoms with Gasteiger partial charge in [-0.2, -0.15) is 5.10 Å². The Balaban J connectivity index is 0.00000120. The van der Waals surface area contributed by atoms with Crippen molar-refractivity contribution in [2.75, 3.05) is 13.1 Å². The maximum Gasteiger partial charge on any atom is 0.0534 e. The van der Waals surface area contributed by atoms with Gasteiger partial charge in [0.25, 0.3) is 0 Å². The average Bonchev–Trinajstić information content (AvgIpc) is 2.86. The highest BCUT2D eigenvalue weighted by atomic mass is 35.5. The van der Waals surface area contributed by atoms with Crippen LogP contribution in [0.2, 0.25) is 0 Å². The van der Waals surface area contributed by atoms with E-state index in [-0.39, 0.29) is 12.4 Å². The molecule has 2 N–H and O–H groups in total. The highest BCUT2D eigenvalue weighted by Gasteiger charge is 2.38. The van der Waals surface area contributed by atoms with Crippen LogP contribution in [0.3, 0.4) is 0 Å². The fourth-order valence-electron chi connectivity index (χ4n) is 3.55. The third-order valence-electron chi connectivity index (χ3n) is 4.39. The lowest BCUT2D eigenvalue weighted by Gasteiger charge is -2.29. The van der Waals surface area contributed by atoms with E-state index in [0.717, 1.165) is 18.4 Å². The quantitative estimate of drug-likeness (QED) is 0.884. The molecule has 0 aromatic carbocycles. The smallest absolute Gasteiger partial charge is 0.0534 e. The SMILES string of the molecule is Cl.Cn1cc(CN2CC3CCCC(N)C3C2)cn1. The summed E-state index contributed by atoms with van der Waals surface area (Å²) in [5.41, 5.74) is 7.56. The molecule has 1 saturated heterocycles. The lowest BCUT2D eigenvalue weighted by molar-refractivity contribution is 0.259. The first-order chi connectivity index (χ1) is 8.22. The molecular formula is C13H23ClN4. The van der Waals surface area contributed by atoms with Crippen molar-refractivity contribution in [1.82, 2.24) is 14.7 Å². The van der Waals surface area contributed by atoms with Crippen LogP contribution in [-0.4, -0.2) is 33.8 Å². The van der Waals surface area contributed by atoms with Crippen LogP contribution in [0, 0.1) is 11.8 Å². The Morgan fingerprint density at radius 1 is 1.39 bits per heavy atom. The number of aryl methyl sites for hydroxylation is 1. The van der Waals surface area contributed by atoms with E-state index >= 15 is 0 Å². The molecule has 4 nitrogen and oxygen atoms in total. The number of aromatic nitrogens is 2. The molecule has 2 fully saturated rings. The number of nitrogens with two attached hydrogens (primary N) is 1. The second kappa shape index (κ2) is 5.59. The lowest BCUT2D eigenvalue weighted by atomic mass is 9.78. The van der Waals surface area contributed by atoms with Gasteiger partial charge in [-0.1, -0.05) is 6.42 Å². The molecule has 0 amide bonds. The van der Waals surface area contributed by atoms with E-state index in [0.29, 0.717) is 6.04 Å². The van der Waals surface area contributed by atoms with Gasteiger partial charge < -0.3 is 5.73 Å². The molecule has 3 unspecified atom stereocenters. The van der Waals surface area contributed by atoms with E-state index in [1.165, 1.54) is 37.9 Å². The highest BCUT2D eigenvalue weighted by Crippen LogP contribution is 2.35. The molecule has 2 aliphatic rings. The van der Waals surface area contributed by atoms with Crippen LogP contribution in [0.15, 0.2) is 12.4 Å². The number of fused-ring (bicyclic) bond motifs is 1. The first kappa shape index (κ1) is 13.8. The van der Waals surface area contributed by atoms with Gasteiger partial charge in [0.15, 0.2) is 0 Å². The van der Waals surface area contributed by atoms with Crippen molar-refractivity contribution in [1.29, 1.82) is 0 Å². The Kier molecular flexibility index (Phi) is 4.30. The van der Waals surface area contributed by atoms with Crippen molar-refractivity contribution >= 4 is 12.4 Å². The van der Waals surface area contributed by atoms with Crippen LogP contribution in [-0.2, 0) is 13.6 Å². The number of hydrogen-bond acceptors (Lipinski definition) is 3. The van der Waals surface area contributed by atoms with Gasteiger partial charge in [-0.25, -0.2) is 0 Å². The van der Waals surface area contributed by atoms with E-state index in [1.807, 2.05) is 17.9 Å². The second-order valence-electron chi connectivity index (χ2n) is 5.74. The first-order valence-electron chi connectivity index (χ1n) is 6.68. The monoisotopic (exact) mass is 270 g/mol. The van der Waals surface area contributed by atoms with Gasteiger partial charge in [0.05, 0.1) is 6.20 Å². The number of rotatable bonds is 2. The summed E-state index contributed by atoms with van der Waals surface area (Å²) in [6, 6.07) is 0.438. The van der Waals surface area contributed by atoms with Crippen LogP contribution in [0.25, 0.3) is 0 Å². The van der Waals surface area contributed by atoms with Crippen molar-refractivity contribution in [2.45, 2.75) is 31.8 Å². The summed E-state index contributed by atoms with van der Waals surface area (Å²) >= 11 is 0. The van der Waals surface area contributed by atoms with Crippen LogP contribution in [0.1, 0.15) is 24.8 Å². The average molecular weight is 271 g/mol. The fourth-order valence-corrected chi connectivity index (χ4v) is 3.55. The highest BCUT2D eigenvalue weighted by molar-refractivity contribution is 5.85. The van der Waals surface area contributed by atoms with Crippen LogP contribution in [0.4, 0.5) is 0 Å². The molecule has 1 aromatic heterocycles. The van der Waals surface area contributed by atoms with E-state index < -0.39 is 0 Å². The van der Waals surface area contributed by atoms with E-state index in [2.05, 4.69) is 16.2 Å². The summed E-state index contributed by atoms with van der Waals surface area (Å²) < 4.78 is 1.88. The number of likely N-dealkylation sites (tertiary alicyclic amines) is 1. The Hall–Kier alpha value is -0.580. The van der Waals surface area contributed by atoms with Gasteiger partial charge in [-0.15, -0.1) is 12.4 Å². The van der Waals surface area contributed by atoms with Crippen LogP contribution < -0.4 is 5.73 Å². The molecule has 0 spiro atoms. The normalized spacial score (nSPS) is 32.0. The van der Waals surface area contributed by atoms with E-state index in [4.69, 9.17) is 5.73 Å². The topological polar surface area (TPSA) is 47.1 Å². The molecule has 1 aromatic rings. The number of halogens is 1. The van der Waals surface area contributed by atoms with Crippen LogP contribution >= 0.6 is 12.4 Å². The number of hydrogen-bond donors (Lipinski definition) is 1. The molecule has 102 valence electrons. The molecule has 18 heavy (non-hydrogen) atoms. The molecule has 1 aliphatic heterocycles. The van der Waals surface area contributed by atoms with Gasteiger partial charge in [-0.3, -0.25) is 9.58 Å². The summed E-state index contributed by atoms with van der Waals surface area (Å²) in [5, 5.41) is 4.23. The molecule has 3 atom stereocenters. The molecular weight excluding hydrogens is 248 g/mol. The molecule has 0 radical (unpaired) electrons. The van der Waals surface area contributed by atoms with Crippen molar-refractivity contribution < 1.29 is 0 Å². The third kappa shape index (κ3) is 2.71. The third-order valence-corrected chi connectivity index (χ3v) is 4.39. The van der Waals surface area contributed by atoms with Crippen molar-refractivity contribution in [3.8, 4) is 0 Å². The Morgan fingerprint density at radius 2 is 2.22 bits per heavy atom. The lowest BCUT2D eigenvalue weighted by Crippen LogP contribution is -2.38. The number of nitrogens with zero attached hydrogens (tertiary/aromatic N) is 3. The molecule has 3 rings (SSSR count). The molecule has 0 bridgehead atoms. The standard InChI is InChI=1S/C13H22N4.ClH/c1-16-6-10(5-15-16)7-17-8-11-3-2-4-13(14)12(11)9-17;/h5-6,11-13H,2-4,7-9,14H2,1H3;1H. The van der Waals surface area contributed by atoms with Crippen molar-refractivity contribution in [2.24, 2.45) is 24.6 Å². The van der Waals surface area contributed by atoms with Crippen molar-refractivity contribution in [3.05, 3.63) is 18.0 Å². The minimum Gasteiger partial charge on any atom is -0.327 e. The summed E-state index contributed by atoms with van der Waals surface area (Å²) in [6.07, 6.45) is 8.01. The van der Waals surface area contributed by atoms with Crippen molar-refractivity contribution in [3.63, 3.8) is 0 Å². The summed E-state index contributed by atoms with van der Waals surface area (Å²) in [6.45, 7) is 3.45. The van der Waals surface area contributed by atoms with E-state index in [9.17, 15) is 0 Å². The Bertz CT molecular complexity index is 392. The first-order valence-corrected chi connectivity index (χ1v) is 6.68. The predicted octanol–water partition coefficient (Wildman–Crippen LogP) is 1.40. The maximum absolute atomic E-state index is 6.24. The molecule has 1 aliphatic carbocycles. The Labute approximate surface area is 115 Å². The second-order valence-corrected chi connectivity index (χ2v) is 5.74. The summed E-state index contributed by atoms with van der Waals surface area (Å²) in [4.78, 5) is 2.55. The molecule has 1 saturated carbocycles. The molecule has 2 heterocycles. The van der Waals surface area contributed by atoms with Gasteiger partial charge in [0, 0.05) is 44.5 Å². The van der Waals surface area contributed by atoms with Gasteiger partial charge in [0.1, 0.15) is 0 Å². The minimum atomic E-state index is 0. The predicted molar refractivity (Wildman–Crippen MR) is 74.5 cm³/mol. The largest absolute Gasteiger partial charge is 0.327 e. The Morgan fingerprint density at radius 3 is 2.89 bits per heavy atom. The van der Waals surface area contributed by atoms with Crippen LogP contribution in [0.5, 0.6) is 0 Å².